The molecule has 15 heavy (non-hydrogen) atoms. The summed E-state index contributed by atoms with van der Waals surface area (Å²) in [6, 6.07) is 5.71. The zero-order valence-corrected chi connectivity index (χ0v) is 9.98. The minimum atomic E-state index is 0.703. The molecule has 1 saturated heterocycles. The van der Waals surface area contributed by atoms with Gasteiger partial charge in [0.15, 0.2) is 0 Å². The SMILES string of the molecule is Clc1cc(Cl)cc(N2CCCNCC2)c1. The Balaban J connectivity index is 2.19. The van der Waals surface area contributed by atoms with E-state index in [0.29, 0.717) is 10.0 Å². The normalized spacial score (nSPS) is 17.6. The fraction of sp³-hybridized carbons (Fsp3) is 0.455. The quantitative estimate of drug-likeness (QED) is 0.818. The zero-order valence-electron chi connectivity index (χ0n) is 8.47. The summed E-state index contributed by atoms with van der Waals surface area (Å²) in [5.74, 6) is 0. The van der Waals surface area contributed by atoms with E-state index in [4.69, 9.17) is 23.2 Å². The largest absolute Gasteiger partial charge is 0.370 e. The molecule has 0 aliphatic carbocycles. The zero-order chi connectivity index (χ0) is 10.7. The van der Waals surface area contributed by atoms with E-state index in [2.05, 4.69) is 10.2 Å². The maximum absolute atomic E-state index is 5.98. The third kappa shape index (κ3) is 3.00. The first-order valence-electron chi connectivity index (χ1n) is 5.17. The Hall–Kier alpha value is -0.440. The van der Waals surface area contributed by atoms with Crippen LogP contribution in [0.2, 0.25) is 10.0 Å². The van der Waals surface area contributed by atoms with Crippen molar-refractivity contribution in [1.29, 1.82) is 0 Å². The second kappa shape index (κ2) is 5.06. The van der Waals surface area contributed by atoms with E-state index in [-0.39, 0.29) is 0 Å². The molecule has 0 bridgehead atoms. The van der Waals surface area contributed by atoms with Crippen LogP contribution in [-0.4, -0.2) is 26.2 Å². The van der Waals surface area contributed by atoms with Crippen LogP contribution in [0.1, 0.15) is 6.42 Å². The Morgan fingerprint density at radius 3 is 2.47 bits per heavy atom. The first-order valence-corrected chi connectivity index (χ1v) is 5.93. The van der Waals surface area contributed by atoms with Gasteiger partial charge in [0.05, 0.1) is 0 Å². The molecule has 0 saturated carbocycles. The molecule has 1 N–H and O–H groups in total. The van der Waals surface area contributed by atoms with Gasteiger partial charge in [-0.25, -0.2) is 0 Å². The molecule has 1 fully saturated rings. The van der Waals surface area contributed by atoms with Gasteiger partial charge in [-0.05, 0) is 31.2 Å². The van der Waals surface area contributed by atoms with Crippen molar-refractivity contribution >= 4 is 28.9 Å². The van der Waals surface area contributed by atoms with Crippen LogP contribution in [0.3, 0.4) is 0 Å². The molecule has 4 heteroatoms. The molecule has 0 atom stereocenters. The van der Waals surface area contributed by atoms with Crippen LogP contribution in [0.15, 0.2) is 18.2 Å². The number of benzene rings is 1. The Morgan fingerprint density at radius 1 is 1.00 bits per heavy atom. The van der Waals surface area contributed by atoms with Crippen molar-refractivity contribution in [2.24, 2.45) is 0 Å². The average Bonchev–Trinajstić information content (AvgIpc) is 2.43. The lowest BCUT2D eigenvalue weighted by atomic mass is 10.2. The van der Waals surface area contributed by atoms with Gasteiger partial charge < -0.3 is 10.2 Å². The molecule has 0 spiro atoms. The second-order valence-electron chi connectivity index (χ2n) is 3.72. The van der Waals surface area contributed by atoms with E-state index in [9.17, 15) is 0 Å². The molecule has 82 valence electrons. The van der Waals surface area contributed by atoms with Gasteiger partial charge in [-0.2, -0.15) is 0 Å². The van der Waals surface area contributed by atoms with Crippen molar-refractivity contribution in [3.8, 4) is 0 Å². The Bertz CT molecular complexity index is 313. The molecular formula is C11H14Cl2N2. The number of hydrogen-bond donors (Lipinski definition) is 1. The van der Waals surface area contributed by atoms with Crippen molar-refractivity contribution in [3.63, 3.8) is 0 Å². The number of nitrogens with zero attached hydrogens (tertiary/aromatic N) is 1. The summed E-state index contributed by atoms with van der Waals surface area (Å²) in [4.78, 5) is 2.32. The first kappa shape index (κ1) is 11.1. The Morgan fingerprint density at radius 2 is 1.73 bits per heavy atom. The van der Waals surface area contributed by atoms with Gasteiger partial charge in [0, 0.05) is 35.4 Å². The first-order chi connectivity index (χ1) is 7.25. The van der Waals surface area contributed by atoms with Gasteiger partial charge in [0.2, 0.25) is 0 Å². The highest BCUT2D eigenvalue weighted by Gasteiger charge is 2.10. The third-order valence-corrected chi connectivity index (χ3v) is 2.99. The molecule has 1 aliphatic heterocycles. The number of hydrogen-bond acceptors (Lipinski definition) is 2. The van der Waals surface area contributed by atoms with Crippen molar-refractivity contribution in [2.75, 3.05) is 31.1 Å². The molecule has 1 aromatic rings. The monoisotopic (exact) mass is 244 g/mol. The van der Waals surface area contributed by atoms with Gasteiger partial charge in [0.1, 0.15) is 0 Å². The van der Waals surface area contributed by atoms with Gasteiger partial charge in [-0.15, -0.1) is 0 Å². The highest BCUT2D eigenvalue weighted by atomic mass is 35.5. The molecule has 0 radical (unpaired) electrons. The van der Waals surface area contributed by atoms with E-state index in [1.54, 1.807) is 6.07 Å². The molecule has 2 nitrogen and oxygen atoms in total. The lowest BCUT2D eigenvalue weighted by molar-refractivity contribution is 0.724. The van der Waals surface area contributed by atoms with Crippen LogP contribution in [0.4, 0.5) is 5.69 Å². The van der Waals surface area contributed by atoms with Crippen molar-refractivity contribution in [3.05, 3.63) is 28.2 Å². The maximum Gasteiger partial charge on any atom is 0.0441 e. The molecular weight excluding hydrogens is 231 g/mol. The fourth-order valence-electron chi connectivity index (χ4n) is 1.83. The minimum absolute atomic E-state index is 0.703. The van der Waals surface area contributed by atoms with Crippen LogP contribution >= 0.6 is 23.2 Å². The topological polar surface area (TPSA) is 15.3 Å². The highest BCUT2D eigenvalue weighted by molar-refractivity contribution is 6.35. The summed E-state index contributed by atoms with van der Waals surface area (Å²) < 4.78 is 0. The lowest BCUT2D eigenvalue weighted by Crippen LogP contribution is -2.27. The van der Waals surface area contributed by atoms with E-state index in [0.717, 1.165) is 38.3 Å². The fourth-order valence-corrected chi connectivity index (χ4v) is 2.34. The minimum Gasteiger partial charge on any atom is -0.370 e. The van der Waals surface area contributed by atoms with E-state index >= 15 is 0 Å². The average molecular weight is 245 g/mol. The summed E-state index contributed by atoms with van der Waals surface area (Å²) in [5, 5.41) is 4.78. The lowest BCUT2D eigenvalue weighted by Gasteiger charge is -2.22. The van der Waals surface area contributed by atoms with E-state index in [1.807, 2.05) is 12.1 Å². The molecule has 1 aliphatic rings. The Kier molecular flexibility index (Phi) is 3.73. The summed E-state index contributed by atoms with van der Waals surface area (Å²) in [7, 11) is 0. The smallest absolute Gasteiger partial charge is 0.0441 e. The van der Waals surface area contributed by atoms with Crippen LogP contribution in [0.25, 0.3) is 0 Å². The molecule has 0 aromatic heterocycles. The molecule has 1 heterocycles. The summed E-state index contributed by atoms with van der Waals surface area (Å²) in [6.45, 7) is 4.18. The predicted octanol–water partition coefficient (Wildman–Crippen LogP) is 2.79. The van der Waals surface area contributed by atoms with Crippen molar-refractivity contribution in [1.82, 2.24) is 5.32 Å². The summed E-state index contributed by atoms with van der Waals surface area (Å²) in [5.41, 5.74) is 1.12. The van der Waals surface area contributed by atoms with Gasteiger partial charge in [-0.3, -0.25) is 0 Å². The number of halogens is 2. The standard InChI is InChI=1S/C11H14Cl2N2/c12-9-6-10(13)8-11(7-9)15-4-1-2-14-3-5-15/h6-8,14H,1-5H2. The predicted molar refractivity (Wildman–Crippen MR) is 66.2 cm³/mol. The molecule has 2 rings (SSSR count). The van der Waals surface area contributed by atoms with E-state index in [1.165, 1.54) is 0 Å². The molecule has 0 unspecified atom stereocenters. The van der Waals surface area contributed by atoms with Gasteiger partial charge in [-0.1, -0.05) is 23.2 Å². The second-order valence-corrected chi connectivity index (χ2v) is 4.59. The van der Waals surface area contributed by atoms with Gasteiger partial charge in [0.25, 0.3) is 0 Å². The summed E-state index contributed by atoms with van der Waals surface area (Å²) >= 11 is 12.0. The van der Waals surface area contributed by atoms with Crippen LogP contribution < -0.4 is 10.2 Å². The van der Waals surface area contributed by atoms with Crippen molar-refractivity contribution < 1.29 is 0 Å². The van der Waals surface area contributed by atoms with Gasteiger partial charge >= 0.3 is 0 Å². The molecule has 0 amide bonds. The Labute approximate surface area is 100 Å². The maximum atomic E-state index is 5.98. The van der Waals surface area contributed by atoms with E-state index < -0.39 is 0 Å². The number of nitrogens with one attached hydrogen (secondary N) is 1. The third-order valence-electron chi connectivity index (χ3n) is 2.55. The van der Waals surface area contributed by atoms with Crippen LogP contribution in [-0.2, 0) is 0 Å². The summed E-state index contributed by atoms with van der Waals surface area (Å²) in [6.07, 6.45) is 1.16. The van der Waals surface area contributed by atoms with Crippen molar-refractivity contribution in [2.45, 2.75) is 6.42 Å². The van der Waals surface area contributed by atoms with Crippen LogP contribution in [0, 0.1) is 0 Å². The van der Waals surface area contributed by atoms with Crippen LogP contribution in [0.5, 0.6) is 0 Å². The number of rotatable bonds is 1. The number of anilines is 1. The highest BCUT2D eigenvalue weighted by Crippen LogP contribution is 2.25. The molecule has 1 aromatic carbocycles.